The Hall–Kier alpha value is -2.18. The van der Waals surface area contributed by atoms with Crippen molar-refractivity contribution in [2.24, 2.45) is 0 Å². The van der Waals surface area contributed by atoms with Crippen molar-refractivity contribution in [3.05, 3.63) is 64.7 Å². The molecule has 30 heavy (non-hydrogen) atoms. The van der Waals surface area contributed by atoms with Crippen LogP contribution in [0.1, 0.15) is 60.7 Å². The number of benzene rings is 2. The molecule has 0 aliphatic carbocycles. The molecule has 1 fully saturated rings. The normalized spacial score (nSPS) is 16.0. The van der Waals surface area contributed by atoms with Gasteiger partial charge >= 0.3 is 0 Å². The highest BCUT2D eigenvalue weighted by molar-refractivity contribution is 7.89. The lowest BCUT2D eigenvalue weighted by Crippen LogP contribution is -2.46. The maximum Gasteiger partial charge on any atom is 0.253 e. The van der Waals surface area contributed by atoms with Gasteiger partial charge in [-0.05, 0) is 61.4 Å². The predicted octanol–water partition coefficient (Wildman–Crippen LogP) is 4.18. The second kappa shape index (κ2) is 8.52. The fourth-order valence-electron chi connectivity index (χ4n) is 3.88. The van der Waals surface area contributed by atoms with Gasteiger partial charge in [0.15, 0.2) is 0 Å². The van der Waals surface area contributed by atoms with Crippen molar-refractivity contribution >= 4 is 15.9 Å². The second-order valence-corrected chi connectivity index (χ2v) is 11.0. The van der Waals surface area contributed by atoms with E-state index in [-0.39, 0.29) is 17.4 Å². The Morgan fingerprint density at radius 3 is 2.13 bits per heavy atom. The van der Waals surface area contributed by atoms with Crippen molar-refractivity contribution in [3.8, 4) is 0 Å². The summed E-state index contributed by atoms with van der Waals surface area (Å²) in [4.78, 5) is 15.0. The SMILES string of the molecule is Cc1ccc(S(=O)(=O)NC2CCN(C(=O)c3ccc(C(C)(C)C)cc3)CC2)c(C)c1. The molecule has 1 amide bonds. The minimum absolute atomic E-state index is 0.00569. The van der Waals surface area contributed by atoms with Gasteiger partial charge in [-0.1, -0.05) is 50.6 Å². The van der Waals surface area contributed by atoms with E-state index in [9.17, 15) is 13.2 Å². The number of rotatable bonds is 4. The van der Waals surface area contributed by atoms with Gasteiger partial charge in [0.1, 0.15) is 0 Å². The predicted molar refractivity (Wildman–Crippen MR) is 120 cm³/mol. The van der Waals surface area contributed by atoms with Gasteiger partial charge in [0.2, 0.25) is 10.0 Å². The fourth-order valence-corrected chi connectivity index (χ4v) is 5.41. The summed E-state index contributed by atoms with van der Waals surface area (Å²) in [7, 11) is -3.57. The summed E-state index contributed by atoms with van der Waals surface area (Å²) in [6.45, 7) is 11.3. The van der Waals surface area contributed by atoms with Crippen LogP contribution >= 0.6 is 0 Å². The van der Waals surface area contributed by atoms with Gasteiger partial charge in [-0.2, -0.15) is 0 Å². The van der Waals surface area contributed by atoms with Crippen molar-refractivity contribution in [2.45, 2.75) is 63.8 Å². The van der Waals surface area contributed by atoms with Gasteiger partial charge < -0.3 is 4.90 Å². The van der Waals surface area contributed by atoms with Gasteiger partial charge in [-0.15, -0.1) is 0 Å². The van der Waals surface area contributed by atoms with Crippen molar-refractivity contribution in [2.75, 3.05) is 13.1 Å². The maximum atomic E-state index is 12.8. The number of carbonyl (C=O) groups excluding carboxylic acids is 1. The Bertz CT molecular complexity index is 1010. The highest BCUT2D eigenvalue weighted by Gasteiger charge is 2.28. The number of sulfonamides is 1. The molecule has 1 aliphatic heterocycles. The van der Waals surface area contributed by atoms with Crippen LogP contribution in [0.2, 0.25) is 0 Å². The van der Waals surface area contributed by atoms with Crippen molar-refractivity contribution in [1.82, 2.24) is 9.62 Å². The van der Waals surface area contributed by atoms with Crippen molar-refractivity contribution in [3.63, 3.8) is 0 Å². The van der Waals surface area contributed by atoms with Crippen molar-refractivity contribution in [1.29, 1.82) is 0 Å². The Balaban J connectivity index is 1.61. The maximum absolute atomic E-state index is 12.8. The Kier molecular flexibility index (Phi) is 6.39. The lowest BCUT2D eigenvalue weighted by atomic mass is 9.86. The number of piperidine rings is 1. The average Bonchev–Trinajstić information content (AvgIpc) is 2.67. The zero-order valence-electron chi connectivity index (χ0n) is 18.5. The molecule has 0 saturated carbocycles. The Morgan fingerprint density at radius 1 is 1.00 bits per heavy atom. The summed E-state index contributed by atoms with van der Waals surface area (Å²) in [5.74, 6) is 0.00569. The van der Waals surface area contributed by atoms with Crippen LogP contribution in [0, 0.1) is 13.8 Å². The van der Waals surface area contributed by atoms with E-state index in [1.807, 2.05) is 55.1 Å². The summed E-state index contributed by atoms with van der Waals surface area (Å²) in [6.07, 6.45) is 1.21. The summed E-state index contributed by atoms with van der Waals surface area (Å²) in [5.41, 5.74) is 3.70. The molecule has 1 aliphatic rings. The van der Waals surface area contributed by atoms with Crippen LogP contribution in [0.3, 0.4) is 0 Å². The summed E-state index contributed by atoms with van der Waals surface area (Å²) in [6, 6.07) is 13.0. The first-order valence-corrected chi connectivity index (χ1v) is 11.9. The second-order valence-electron chi connectivity index (χ2n) is 9.28. The fraction of sp³-hybridized carbons (Fsp3) is 0.458. The molecule has 5 nitrogen and oxygen atoms in total. The molecule has 0 radical (unpaired) electrons. The van der Waals surface area contributed by atoms with E-state index in [1.54, 1.807) is 6.07 Å². The van der Waals surface area contributed by atoms with E-state index in [0.717, 1.165) is 11.1 Å². The van der Waals surface area contributed by atoms with E-state index < -0.39 is 10.0 Å². The van der Waals surface area contributed by atoms with Gasteiger partial charge in [-0.3, -0.25) is 4.79 Å². The molecule has 1 heterocycles. The number of amides is 1. The molecule has 0 unspecified atom stereocenters. The van der Waals surface area contributed by atoms with Crippen LogP contribution in [0.25, 0.3) is 0 Å². The van der Waals surface area contributed by atoms with Gasteiger partial charge in [-0.25, -0.2) is 13.1 Å². The third-order valence-electron chi connectivity index (χ3n) is 5.72. The number of carbonyl (C=O) groups is 1. The average molecular weight is 429 g/mol. The van der Waals surface area contributed by atoms with E-state index in [1.165, 1.54) is 5.56 Å². The van der Waals surface area contributed by atoms with E-state index >= 15 is 0 Å². The molecular weight excluding hydrogens is 396 g/mol. The van der Waals surface area contributed by atoms with Crippen LogP contribution in [0.5, 0.6) is 0 Å². The van der Waals surface area contributed by atoms with Crippen LogP contribution in [-0.4, -0.2) is 38.4 Å². The first kappa shape index (κ1) is 22.5. The number of aryl methyl sites for hydroxylation is 2. The molecule has 6 heteroatoms. The summed E-state index contributed by atoms with van der Waals surface area (Å²) < 4.78 is 28.4. The van der Waals surface area contributed by atoms with Crippen molar-refractivity contribution < 1.29 is 13.2 Å². The first-order valence-electron chi connectivity index (χ1n) is 10.5. The van der Waals surface area contributed by atoms with Gasteiger partial charge in [0.05, 0.1) is 4.90 Å². The molecule has 2 aromatic carbocycles. The molecule has 1 saturated heterocycles. The molecule has 1 N–H and O–H groups in total. The Labute approximate surface area is 180 Å². The molecule has 162 valence electrons. The zero-order valence-corrected chi connectivity index (χ0v) is 19.3. The number of likely N-dealkylation sites (tertiary alicyclic amines) is 1. The van der Waals surface area contributed by atoms with Crippen LogP contribution in [0.4, 0.5) is 0 Å². The molecule has 0 bridgehead atoms. The molecular formula is C24H32N2O3S. The third-order valence-corrected chi connectivity index (χ3v) is 7.40. The lowest BCUT2D eigenvalue weighted by molar-refractivity contribution is 0.0711. The third kappa shape index (κ3) is 5.10. The smallest absolute Gasteiger partial charge is 0.253 e. The lowest BCUT2D eigenvalue weighted by Gasteiger charge is -2.32. The quantitative estimate of drug-likeness (QED) is 0.794. The van der Waals surface area contributed by atoms with Crippen LogP contribution in [-0.2, 0) is 15.4 Å². The van der Waals surface area contributed by atoms with E-state index in [2.05, 4.69) is 25.5 Å². The largest absolute Gasteiger partial charge is 0.339 e. The summed E-state index contributed by atoms with van der Waals surface area (Å²) in [5, 5.41) is 0. The first-order chi connectivity index (χ1) is 14.0. The van der Waals surface area contributed by atoms with E-state index in [4.69, 9.17) is 0 Å². The minimum atomic E-state index is -3.57. The molecule has 0 spiro atoms. The highest BCUT2D eigenvalue weighted by Crippen LogP contribution is 2.24. The van der Waals surface area contributed by atoms with Crippen LogP contribution in [0.15, 0.2) is 47.4 Å². The number of nitrogens with one attached hydrogen (secondary N) is 1. The minimum Gasteiger partial charge on any atom is -0.339 e. The number of hydrogen-bond acceptors (Lipinski definition) is 3. The standard InChI is InChI=1S/C24H32N2O3S/c1-17-6-11-22(18(2)16-17)30(28,29)25-21-12-14-26(15-13-21)23(27)19-7-9-20(10-8-19)24(3,4)5/h6-11,16,21,25H,12-15H2,1-5H3. The van der Waals surface area contributed by atoms with Gasteiger partial charge in [0, 0.05) is 24.7 Å². The topological polar surface area (TPSA) is 66.5 Å². The van der Waals surface area contributed by atoms with Crippen LogP contribution < -0.4 is 4.72 Å². The zero-order chi connectivity index (χ0) is 22.1. The highest BCUT2D eigenvalue weighted by atomic mass is 32.2. The summed E-state index contributed by atoms with van der Waals surface area (Å²) >= 11 is 0. The monoisotopic (exact) mass is 428 g/mol. The molecule has 0 atom stereocenters. The Morgan fingerprint density at radius 2 is 1.60 bits per heavy atom. The van der Waals surface area contributed by atoms with Gasteiger partial charge in [0.25, 0.3) is 5.91 Å². The molecule has 0 aromatic heterocycles. The molecule has 2 aromatic rings. The molecule has 3 rings (SSSR count). The number of nitrogens with zero attached hydrogens (tertiary/aromatic N) is 1. The van der Waals surface area contributed by atoms with E-state index in [0.29, 0.717) is 36.4 Å². The number of hydrogen-bond donors (Lipinski definition) is 1.